The van der Waals surface area contributed by atoms with E-state index in [-0.39, 0.29) is 32.8 Å². The number of carbonyl (C=O) groups excluding carboxylic acids is 2. The van der Waals surface area contributed by atoms with E-state index in [1.54, 1.807) is 13.8 Å². The van der Waals surface area contributed by atoms with Gasteiger partial charge in [-0.2, -0.15) is 0 Å². The fourth-order valence-electron chi connectivity index (χ4n) is 1.61. The first kappa shape index (κ1) is 28.6. The van der Waals surface area contributed by atoms with Crippen molar-refractivity contribution in [3.63, 3.8) is 0 Å². The number of hydrogen-bond acceptors (Lipinski definition) is 7. The lowest BCUT2D eigenvalue weighted by Gasteiger charge is -2.13. The second-order valence-electron chi connectivity index (χ2n) is 4.91. The van der Waals surface area contributed by atoms with E-state index in [1.165, 1.54) is 19.6 Å². The van der Waals surface area contributed by atoms with E-state index >= 15 is 0 Å². The molecule has 0 fully saturated rings. The van der Waals surface area contributed by atoms with E-state index in [0.29, 0.717) is 0 Å². The number of esters is 2. The van der Waals surface area contributed by atoms with Crippen molar-refractivity contribution < 1.29 is 29.3 Å². The highest BCUT2D eigenvalue weighted by Gasteiger charge is 2.09. The minimum atomic E-state index is -0.536. The average Bonchev–Trinajstić information content (AvgIpc) is 2.58. The Kier molecular flexibility index (Phi) is 28.7. The maximum absolute atomic E-state index is 10.6. The van der Waals surface area contributed by atoms with Crippen LogP contribution in [0.4, 0.5) is 0 Å². The Hall–Kier alpha value is -1.18. The second-order valence-corrected chi connectivity index (χ2v) is 4.91. The summed E-state index contributed by atoms with van der Waals surface area (Å²) in [4.78, 5) is 23.6. The smallest absolute Gasteiger partial charge is 0.317 e. The Labute approximate surface area is 153 Å². The number of ether oxygens (including phenoxy) is 2. The van der Waals surface area contributed by atoms with Gasteiger partial charge in [-0.3, -0.25) is 9.59 Å². The monoisotopic (exact) mass is 365 g/mol. The highest BCUT2D eigenvalue weighted by atomic mass is 16.5. The molecule has 0 spiro atoms. The van der Waals surface area contributed by atoms with Gasteiger partial charge in [0.1, 0.15) is 6.42 Å². The lowest BCUT2D eigenvalue weighted by atomic mass is 10.2. The van der Waals surface area contributed by atoms with Gasteiger partial charge in [-0.1, -0.05) is 20.8 Å². The lowest BCUT2D eigenvalue weighted by molar-refractivity contribution is -0.153. The summed E-state index contributed by atoms with van der Waals surface area (Å²) in [5.74, 6) is -1.07. The summed E-state index contributed by atoms with van der Waals surface area (Å²) in [6, 6.07) is 0. The van der Waals surface area contributed by atoms with E-state index in [0.717, 1.165) is 19.3 Å². The van der Waals surface area contributed by atoms with Gasteiger partial charge < -0.3 is 24.6 Å². The third kappa shape index (κ3) is 27.9. The maximum Gasteiger partial charge on any atom is 0.317 e. The van der Waals surface area contributed by atoms with Crippen LogP contribution >= 0.6 is 0 Å². The molecule has 0 atom stereocenters. The van der Waals surface area contributed by atoms with Crippen LogP contribution in [0.1, 0.15) is 60.3 Å². The van der Waals surface area contributed by atoms with Crippen LogP contribution in [0.25, 0.3) is 0 Å². The zero-order valence-corrected chi connectivity index (χ0v) is 16.8. The van der Waals surface area contributed by atoms with E-state index in [2.05, 4.69) is 35.1 Å². The molecule has 0 unspecified atom stereocenters. The van der Waals surface area contributed by atoms with Crippen molar-refractivity contribution >= 4 is 11.9 Å². The Bertz CT molecular complexity index is 257. The van der Waals surface area contributed by atoms with Crippen LogP contribution in [0.3, 0.4) is 0 Å². The number of aliphatic hydroxyl groups is 2. The van der Waals surface area contributed by atoms with Crippen molar-refractivity contribution in [2.75, 3.05) is 46.1 Å². The molecule has 7 heteroatoms. The molecule has 25 heavy (non-hydrogen) atoms. The number of aliphatic hydroxyl groups excluding tert-OH is 2. The highest BCUT2D eigenvalue weighted by Crippen LogP contribution is 1.90. The minimum Gasteiger partial charge on any atom is -0.466 e. The van der Waals surface area contributed by atoms with Crippen LogP contribution in [-0.2, 0) is 19.1 Å². The largest absolute Gasteiger partial charge is 0.466 e. The molecule has 2 N–H and O–H groups in total. The minimum absolute atomic E-state index is 0.250. The lowest BCUT2D eigenvalue weighted by Crippen LogP contribution is -2.21. The zero-order valence-electron chi connectivity index (χ0n) is 16.8. The second kappa shape index (κ2) is 25.1. The first-order valence-corrected chi connectivity index (χ1v) is 9.22. The van der Waals surface area contributed by atoms with Crippen molar-refractivity contribution in [2.24, 2.45) is 0 Å². The molecule has 0 bridgehead atoms. The highest BCUT2D eigenvalue weighted by molar-refractivity contribution is 5.91. The molecule has 0 heterocycles. The van der Waals surface area contributed by atoms with E-state index < -0.39 is 11.9 Å². The van der Waals surface area contributed by atoms with Gasteiger partial charge in [0.05, 0.1) is 13.2 Å². The van der Waals surface area contributed by atoms with Gasteiger partial charge in [-0.25, -0.2) is 0 Å². The Morgan fingerprint density at radius 1 is 0.720 bits per heavy atom. The van der Waals surface area contributed by atoms with Crippen LogP contribution in [0.2, 0.25) is 0 Å². The molecule has 7 nitrogen and oxygen atoms in total. The van der Waals surface area contributed by atoms with Crippen LogP contribution < -0.4 is 0 Å². The van der Waals surface area contributed by atoms with Crippen molar-refractivity contribution in [1.82, 2.24) is 4.90 Å². The molecule has 0 saturated heterocycles. The van der Waals surface area contributed by atoms with Crippen molar-refractivity contribution in [1.29, 1.82) is 0 Å². The van der Waals surface area contributed by atoms with E-state index in [1.807, 2.05) is 0 Å². The Morgan fingerprint density at radius 3 is 1.28 bits per heavy atom. The summed E-state index contributed by atoms with van der Waals surface area (Å²) in [5, 5.41) is 16.4. The van der Waals surface area contributed by atoms with Gasteiger partial charge in [-0.15, -0.1) is 0 Å². The summed E-state index contributed by atoms with van der Waals surface area (Å²) in [6.07, 6.45) is 2.29. The molecule has 0 saturated carbocycles. The number of rotatable bonds is 11. The van der Waals surface area contributed by atoms with Gasteiger partial charge in [0.2, 0.25) is 0 Å². The van der Waals surface area contributed by atoms with Crippen LogP contribution in [0.5, 0.6) is 0 Å². The van der Waals surface area contributed by atoms with Crippen molar-refractivity contribution in [3.05, 3.63) is 0 Å². The molecular weight excluding hydrogens is 326 g/mol. The van der Waals surface area contributed by atoms with Crippen LogP contribution in [-0.4, -0.2) is 73.1 Å². The number of hydrogen-bond donors (Lipinski definition) is 2. The zero-order chi connectivity index (χ0) is 19.9. The standard InChI is InChI=1S/C7H12O4.C6H15N.C5H12O2/c1-3-10-6(8)5-7(9)11-4-2;1-4-7(5-2)6-3;6-4-2-1-3-5-7/h3-5H2,1-2H3;4-6H2,1-3H3;6-7H,1-5H2. The molecule has 0 aliphatic rings. The number of unbranched alkanes of at least 4 members (excludes halogenated alkanes) is 2. The predicted octanol–water partition coefficient (Wildman–Crippen LogP) is 1.99. The van der Waals surface area contributed by atoms with Gasteiger partial charge in [0, 0.05) is 13.2 Å². The fourth-order valence-corrected chi connectivity index (χ4v) is 1.61. The van der Waals surface area contributed by atoms with Crippen LogP contribution in [0.15, 0.2) is 0 Å². The Balaban J connectivity index is -0.000000304. The number of nitrogens with zero attached hydrogens (tertiary/aromatic N) is 1. The van der Waals surface area contributed by atoms with Gasteiger partial charge in [-0.05, 0) is 52.7 Å². The normalized spacial score (nSPS) is 9.44. The van der Waals surface area contributed by atoms with Gasteiger partial charge in [0.25, 0.3) is 0 Å². The maximum atomic E-state index is 10.6. The third-order valence-corrected chi connectivity index (χ3v) is 3.06. The Morgan fingerprint density at radius 2 is 1.08 bits per heavy atom. The van der Waals surface area contributed by atoms with E-state index in [9.17, 15) is 9.59 Å². The third-order valence-electron chi connectivity index (χ3n) is 3.06. The molecule has 0 aromatic heterocycles. The molecule has 0 aromatic rings. The van der Waals surface area contributed by atoms with Crippen molar-refractivity contribution in [2.45, 2.75) is 60.3 Å². The molecule has 0 aromatic carbocycles. The quantitative estimate of drug-likeness (QED) is 0.328. The summed E-state index contributed by atoms with van der Waals surface area (Å²) >= 11 is 0. The topological polar surface area (TPSA) is 96.3 Å². The summed E-state index contributed by atoms with van der Waals surface area (Å²) in [6.45, 7) is 14.6. The SMILES string of the molecule is CCN(CC)CC.CCOC(=O)CC(=O)OCC.OCCCCCO. The molecule has 152 valence electrons. The molecule has 0 radical (unpaired) electrons. The summed E-state index contributed by atoms with van der Waals surface area (Å²) in [7, 11) is 0. The predicted molar refractivity (Wildman–Crippen MR) is 99.4 cm³/mol. The molecule has 0 amide bonds. The van der Waals surface area contributed by atoms with Gasteiger partial charge in [0.15, 0.2) is 0 Å². The molecule has 0 aliphatic heterocycles. The summed E-state index contributed by atoms with van der Waals surface area (Å²) in [5.41, 5.74) is 0. The van der Waals surface area contributed by atoms with Gasteiger partial charge >= 0.3 is 11.9 Å². The van der Waals surface area contributed by atoms with E-state index in [4.69, 9.17) is 10.2 Å². The average molecular weight is 366 g/mol. The molecule has 0 rings (SSSR count). The van der Waals surface area contributed by atoms with Crippen molar-refractivity contribution in [3.8, 4) is 0 Å². The molecule has 0 aliphatic carbocycles. The first-order valence-electron chi connectivity index (χ1n) is 9.22. The molecular formula is C18H39NO6. The number of carbonyl (C=O) groups is 2. The summed E-state index contributed by atoms with van der Waals surface area (Å²) < 4.78 is 9.04. The first-order chi connectivity index (χ1) is 12.0. The van der Waals surface area contributed by atoms with Crippen LogP contribution in [0, 0.1) is 0 Å². The fraction of sp³-hybridized carbons (Fsp3) is 0.889.